The summed E-state index contributed by atoms with van der Waals surface area (Å²) in [6, 6.07) is 2.40. The van der Waals surface area contributed by atoms with Gasteiger partial charge in [0.1, 0.15) is 0 Å². The Morgan fingerprint density at radius 1 is 1.48 bits per heavy atom. The first kappa shape index (κ1) is 16.0. The quantitative estimate of drug-likeness (QED) is 0.649. The van der Waals surface area contributed by atoms with Crippen molar-refractivity contribution >= 4 is 5.69 Å². The zero-order valence-electron chi connectivity index (χ0n) is 13.0. The monoisotopic (exact) mass is 294 g/mol. The van der Waals surface area contributed by atoms with Crippen molar-refractivity contribution in [3.05, 3.63) is 22.6 Å². The maximum atomic E-state index is 12.0. The standard InChI is InChI=1S/C15H26N4O2/c1-18(9-10-21-2)14-11-15(20)19(17-12-14)8-4-3-7-16-13-5-6-13/h11-13,16H,3-10H2,1-2H3. The van der Waals surface area contributed by atoms with Crippen molar-refractivity contribution in [2.45, 2.75) is 38.3 Å². The molecule has 1 aromatic heterocycles. The number of likely N-dealkylation sites (N-methyl/N-ethyl adjacent to an activating group) is 1. The first-order valence-corrected chi connectivity index (χ1v) is 7.71. The van der Waals surface area contributed by atoms with Crippen LogP contribution in [0.15, 0.2) is 17.1 Å². The summed E-state index contributed by atoms with van der Waals surface area (Å²) in [5, 5.41) is 7.73. The molecule has 0 aromatic carbocycles. The van der Waals surface area contributed by atoms with Crippen molar-refractivity contribution in [2.75, 3.05) is 38.8 Å². The Kier molecular flexibility index (Phi) is 6.20. The summed E-state index contributed by atoms with van der Waals surface area (Å²) in [7, 11) is 3.60. The Morgan fingerprint density at radius 3 is 2.95 bits per heavy atom. The minimum Gasteiger partial charge on any atom is -0.383 e. The van der Waals surface area contributed by atoms with E-state index in [0.29, 0.717) is 13.2 Å². The molecule has 0 amide bonds. The Morgan fingerprint density at radius 2 is 2.29 bits per heavy atom. The van der Waals surface area contributed by atoms with Crippen molar-refractivity contribution in [3.8, 4) is 0 Å². The number of nitrogens with one attached hydrogen (secondary N) is 1. The van der Waals surface area contributed by atoms with E-state index in [4.69, 9.17) is 4.74 Å². The van der Waals surface area contributed by atoms with Crippen LogP contribution in [0.5, 0.6) is 0 Å². The molecule has 0 saturated heterocycles. The molecule has 6 heteroatoms. The highest BCUT2D eigenvalue weighted by Crippen LogP contribution is 2.18. The lowest BCUT2D eigenvalue weighted by molar-refractivity contribution is 0.206. The van der Waals surface area contributed by atoms with Gasteiger partial charge in [-0.15, -0.1) is 0 Å². The van der Waals surface area contributed by atoms with Gasteiger partial charge in [-0.25, -0.2) is 4.68 Å². The molecule has 0 bridgehead atoms. The molecule has 0 atom stereocenters. The van der Waals surface area contributed by atoms with E-state index in [0.717, 1.165) is 37.7 Å². The third-order valence-electron chi connectivity index (χ3n) is 3.73. The van der Waals surface area contributed by atoms with E-state index >= 15 is 0 Å². The molecule has 0 unspecified atom stereocenters. The summed E-state index contributed by atoms with van der Waals surface area (Å²) in [4.78, 5) is 14.0. The molecule has 1 N–H and O–H groups in total. The third kappa shape index (κ3) is 5.47. The summed E-state index contributed by atoms with van der Waals surface area (Å²) in [5.41, 5.74) is 0.801. The molecule has 1 heterocycles. The average Bonchev–Trinajstić information content (AvgIpc) is 3.30. The molecule has 1 aliphatic rings. The molecular weight excluding hydrogens is 268 g/mol. The predicted octanol–water partition coefficient (Wildman–Crippen LogP) is 0.858. The molecule has 21 heavy (non-hydrogen) atoms. The summed E-state index contributed by atoms with van der Waals surface area (Å²) in [6.45, 7) is 3.10. The Hall–Kier alpha value is -1.40. The number of methoxy groups -OCH3 is 1. The Balaban J connectivity index is 1.76. The number of hydrogen-bond donors (Lipinski definition) is 1. The zero-order chi connectivity index (χ0) is 15.1. The van der Waals surface area contributed by atoms with Crippen LogP contribution < -0.4 is 15.8 Å². The van der Waals surface area contributed by atoms with E-state index < -0.39 is 0 Å². The van der Waals surface area contributed by atoms with Crippen LogP contribution in [0.1, 0.15) is 25.7 Å². The SMILES string of the molecule is COCCN(C)c1cnn(CCCCNC2CC2)c(=O)c1. The van der Waals surface area contributed by atoms with E-state index in [1.165, 1.54) is 12.8 Å². The van der Waals surface area contributed by atoms with E-state index in [1.54, 1.807) is 24.1 Å². The van der Waals surface area contributed by atoms with Crippen molar-refractivity contribution in [1.82, 2.24) is 15.1 Å². The van der Waals surface area contributed by atoms with Crippen LogP contribution in [-0.2, 0) is 11.3 Å². The lowest BCUT2D eigenvalue weighted by Gasteiger charge is -2.18. The van der Waals surface area contributed by atoms with Crippen LogP contribution in [-0.4, -0.2) is 49.7 Å². The fourth-order valence-electron chi connectivity index (χ4n) is 2.14. The van der Waals surface area contributed by atoms with Gasteiger partial charge in [0.25, 0.3) is 5.56 Å². The maximum absolute atomic E-state index is 12.0. The normalized spacial score (nSPS) is 14.4. The van der Waals surface area contributed by atoms with Crippen LogP contribution in [0, 0.1) is 0 Å². The van der Waals surface area contributed by atoms with Gasteiger partial charge in [0.05, 0.1) is 18.5 Å². The van der Waals surface area contributed by atoms with E-state index in [-0.39, 0.29) is 5.56 Å². The molecule has 1 saturated carbocycles. The largest absolute Gasteiger partial charge is 0.383 e. The minimum atomic E-state index is -0.0353. The lowest BCUT2D eigenvalue weighted by Crippen LogP contribution is -2.28. The van der Waals surface area contributed by atoms with Gasteiger partial charge < -0.3 is 15.0 Å². The number of nitrogens with zero attached hydrogens (tertiary/aromatic N) is 3. The first-order valence-electron chi connectivity index (χ1n) is 7.71. The first-order chi connectivity index (χ1) is 10.2. The third-order valence-corrected chi connectivity index (χ3v) is 3.73. The second kappa shape index (κ2) is 8.14. The van der Waals surface area contributed by atoms with Crippen molar-refractivity contribution < 1.29 is 4.74 Å². The fraction of sp³-hybridized carbons (Fsp3) is 0.733. The molecule has 6 nitrogen and oxygen atoms in total. The molecule has 1 aromatic rings. The highest BCUT2D eigenvalue weighted by atomic mass is 16.5. The number of rotatable bonds is 10. The second-order valence-corrected chi connectivity index (χ2v) is 5.63. The van der Waals surface area contributed by atoms with E-state index in [1.807, 2.05) is 11.9 Å². The topological polar surface area (TPSA) is 59.4 Å². The molecule has 0 spiro atoms. The van der Waals surface area contributed by atoms with Crippen molar-refractivity contribution in [1.29, 1.82) is 0 Å². The van der Waals surface area contributed by atoms with E-state index in [2.05, 4.69) is 10.4 Å². The number of hydrogen-bond acceptors (Lipinski definition) is 5. The van der Waals surface area contributed by atoms with Gasteiger partial charge in [-0.05, 0) is 32.2 Å². The molecular formula is C15H26N4O2. The summed E-state index contributed by atoms with van der Waals surface area (Å²) >= 11 is 0. The van der Waals surface area contributed by atoms with Gasteiger partial charge in [-0.1, -0.05) is 0 Å². The van der Waals surface area contributed by atoms with Gasteiger partial charge in [0.2, 0.25) is 0 Å². The molecule has 118 valence electrons. The maximum Gasteiger partial charge on any atom is 0.268 e. The van der Waals surface area contributed by atoms with Crippen LogP contribution >= 0.6 is 0 Å². The minimum absolute atomic E-state index is 0.0353. The van der Waals surface area contributed by atoms with Gasteiger partial charge in [-0.2, -0.15) is 5.10 Å². The number of aryl methyl sites for hydroxylation is 1. The number of aromatic nitrogens is 2. The number of anilines is 1. The average molecular weight is 294 g/mol. The molecule has 1 fully saturated rings. The van der Waals surface area contributed by atoms with Gasteiger partial charge in [0.15, 0.2) is 0 Å². The summed E-state index contributed by atoms with van der Waals surface area (Å²) in [5.74, 6) is 0. The fourth-order valence-corrected chi connectivity index (χ4v) is 2.14. The Bertz CT molecular complexity index is 485. The zero-order valence-corrected chi connectivity index (χ0v) is 13.0. The van der Waals surface area contributed by atoms with Gasteiger partial charge >= 0.3 is 0 Å². The molecule has 0 radical (unpaired) electrons. The van der Waals surface area contributed by atoms with Gasteiger partial charge in [-0.3, -0.25) is 4.79 Å². The molecule has 0 aliphatic heterocycles. The summed E-state index contributed by atoms with van der Waals surface area (Å²) < 4.78 is 6.58. The molecule has 1 aliphatic carbocycles. The van der Waals surface area contributed by atoms with Crippen LogP contribution in [0.4, 0.5) is 5.69 Å². The van der Waals surface area contributed by atoms with E-state index in [9.17, 15) is 4.79 Å². The van der Waals surface area contributed by atoms with Crippen molar-refractivity contribution in [2.24, 2.45) is 0 Å². The second-order valence-electron chi connectivity index (χ2n) is 5.63. The summed E-state index contributed by atoms with van der Waals surface area (Å²) in [6.07, 6.45) is 6.45. The Labute approximate surface area is 126 Å². The van der Waals surface area contributed by atoms with Crippen LogP contribution in [0.2, 0.25) is 0 Å². The lowest BCUT2D eigenvalue weighted by atomic mass is 10.3. The number of unbranched alkanes of at least 4 members (excludes halogenated alkanes) is 1. The highest BCUT2D eigenvalue weighted by molar-refractivity contribution is 5.41. The smallest absolute Gasteiger partial charge is 0.268 e. The van der Waals surface area contributed by atoms with Gasteiger partial charge in [0, 0.05) is 39.4 Å². The molecule has 2 rings (SSSR count). The number of ether oxygens (including phenoxy) is 1. The van der Waals surface area contributed by atoms with Crippen molar-refractivity contribution in [3.63, 3.8) is 0 Å². The van der Waals surface area contributed by atoms with Crippen LogP contribution in [0.3, 0.4) is 0 Å². The highest BCUT2D eigenvalue weighted by Gasteiger charge is 2.19. The van der Waals surface area contributed by atoms with Crippen LogP contribution in [0.25, 0.3) is 0 Å². The predicted molar refractivity (Wildman–Crippen MR) is 83.9 cm³/mol.